The Hall–Kier alpha value is -3.23. The second kappa shape index (κ2) is 7.23. The van der Waals surface area contributed by atoms with Crippen LogP contribution in [0.3, 0.4) is 0 Å². The molecular formula is C22H16N2O4S2. The Kier molecular flexibility index (Phi) is 4.52. The number of benzene rings is 3. The predicted octanol–water partition coefficient (Wildman–Crippen LogP) is 4.80. The highest BCUT2D eigenvalue weighted by molar-refractivity contribution is 7.99. The van der Waals surface area contributed by atoms with Crippen molar-refractivity contribution in [3.63, 3.8) is 0 Å². The summed E-state index contributed by atoms with van der Waals surface area (Å²) in [5.41, 5.74) is 1.60. The zero-order chi connectivity index (χ0) is 20.7. The quantitative estimate of drug-likeness (QED) is 0.463. The Balaban J connectivity index is 1.50. The molecule has 1 N–H and O–H groups in total. The molecule has 8 heteroatoms. The van der Waals surface area contributed by atoms with Crippen LogP contribution in [-0.4, -0.2) is 14.3 Å². The van der Waals surface area contributed by atoms with E-state index in [1.165, 1.54) is 18.2 Å². The van der Waals surface area contributed by atoms with Gasteiger partial charge in [0.25, 0.3) is 10.0 Å². The maximum absolute atomic E-state index is 12.7. The van der Waals surface area contributed by atoms with Crippen molar-refractivity contribution in [2.75, 3.05) is 15.5 Å². The van der Waals surface area contributed by atoms with Gasteiger partial charge in [-0.1, -0.05) is 30.3 Å². The van der Waals surface area contributed by atoms with Crippen LogP contribution in [-0.2, 0) is 10.0 Å². The summed E-state index contributed by atoms with van der Waals surface area (Å²) in [5, 5.41) is 0.710. The van der Waals surface area contributed by atoms with Gasteiger partial charge >= 0.3 is 5.63 Å². The fourth-order valence-corrected chi connectivity index (χ4v) is 5.49. The molecule has 0 radical (unpaired) electrons. The molecule has 0 saturated carbocycles. The maximum atomic E-state index is 12.7. The zero-order valence-corrected chi connectivity index (χ0v) is 17.2. The Morgan fingerprint density at radius 1 is 0.900 bits per heavy atom. The van der Waals surface area contributed by atoms with Crippen molar-refractivity contribution in [2.24, 2.45) is 0 Å². The van der Waals surface area contributed by atoms with Gasteiger partial charge in [-0.05, 0) is 42.5 Å². The molecule has 0 spiro atoms. The van der Waals surface area contributed by atoms with E-state index in [-0.39, 0.29) is 4.90 Å². The minimum absolute atomic E-state index is 0.159. The van der Waals surface area contributed by atoms with E-state index < -0.39 is 15.6 Å². The van der Waals surface area contributed by atoms with Crippen LogP contribution in [0.4, 0.5) is 17.1 Å². The molecule has 0 saturated heterocycles. The lowest BCUT2D eigenvalue weighted by Crippen LogP contribution is -2.19. The van der Waals surface area contributed by atoms with Gasteiger partial charge in [0.05, 0.1) is 22.1 Å². The van der Waals surface area contributed by atoms with Crippen LogP contribution in [0.1, 0.15) is 0 Å². The predicted molar refractivity (Wildman–Crippen MR) is 119 cm³/mol. The molecule has 6 nitrogen and oxygen atoms in total. The number of fused-ring (bicyclic) bond motifs is 2. The average Bonchev–Trinajstić information content (AvgIpc) is 3.17. The summed E-state index contributed by atoms with van der Waals surface area (Å²) in [6.07, 6.45) is 0. The molecule has 0 fully saturated rings. The average molecular weight is 437 g/mol. The van der Waals surface area contributed by atoms with Crippen LogP contribution >= 0.6 is 11.8 Å². The first-order valence-corrected chi connectivity index (χ1v) is 11.6. The van der Waals surface area contributed by atoms with E-state index in [9.17, 15) is 13.2 Å². The summed E-state index contributed by atoms with van der Waals surface area (Å²) in [6, 6.07) is 22.7. The fourth-order valence-electron chi connectivity index (χ4n) is 3.37. The minimum Gasteiger partial charge on any atom is -0.421 e. The Labute approximate surface area is 177 Å². The summed E-state index contributed by atoms with van der Waals surface area (Å²) in [4.78, 5) is 15.9. The van der Waals surface area contributed by atoms with Gasteiger partial charge in [-0.15, -0.1) is 11.8 Å². The number of para-hydroxylation sites is 1. The van der Waals surface area contributed by atoms with Gasteiger partial charge in [0, 0.05) is 16.3 Å². The normalized spacial score (nSPS) is 13.4. The standard InChI is InChI=1S/C22H16N2O4S2/c25-22-19(24-14-29-21-9-5-4-8-18(21)24)12-15-10-11-16(13-20(15)28-22)23-30(26,27)17-6-2-1-3-7-17/h1-13,23H,14H2. The summed E-state index contributed by atoms with van der Waals surface area (Å²) in [5.74, 6) is 0.630. The van der Waals surface area contributed by atoms with Crippen LogP contribution in [0.5, 0.6) is 0 Å². The Morgan fingerprint density at radius 2 is 1.67 bits per heavy atom. The lowest BCUT2D eigenvalue weighted by molar-refractivity contribution is 0.561. The van der Waals surface area contributed by atoms with Gasteiger partial charge < -0.3 is 9.32 Å². The van der Waals surface area contributed by atoms with Crippen LogP contribution in [0.15, 0.2) is 97.9 Å². The van der Waals surface area contributed by atoms with Crippen molar-refractivity contribution >= 4 is 49.8 Å². The molecule has 0 bridgehead atoms. The number of hydrogen-bond donors (Lipinski definition) is 1. The van der Waals surface area contributed by atoms with Crippen LogP contribution in [0, 0.1) is 0 Å². The largest absolute Gasteiger partial charge is 0.421 e. The van der Waals surface area contributed by atoms with E-state index in [1.807, 2.05) is 29.2 Å². The van der Waals surface area contributed by atoms with Gasteiger partial charge in [0.2, 0.25) is 0 Å². The SMILES string of the molecule is O=c1oc2cc(NS(=O)(=O)c3ccccc3)ccc2cc1N1CSc2ccccc21. The number of anilines is 3. The topological polar surface area (TPSA) is 79.6 Å². The third kappa shape index (κ3) is 3.34. The first-order valence-electron chi connectivity index (χ1n) is 9.16. The number of rotatable bonds is 4. The van der Waals surface area contributed by atoms with Crippen molar-refractivity contribution in [3.8, 4) is 0 Å². The van der Waals surface area contributed by atoms with Gasteiger partial charge in [-0.25, -0.2) is 13.2 Å². The van der Waals surface area contributed by atoms with Gasteiger partial charge in [0.1, 0.15) is 11.3 Å². The summed E-state index contributed by atoms with van der Waals surface area (Å²) in [6.45, 7) is 0. The lowest BCUT2D eigenvalue weighted by atomic mass is 10.2. The summed E-state index contributed by atoms with van der Waals surface area (Å²) in [7, 11) is -3.73. The molecule has 0 aliphatic carbocycles. The molecule has 0 amide bonds. The number of hydrogen-bond acceptors (Lipinski definition) is 6. The first kappa shape index (κ1) is 18.8. The van der Waals surface area contributed by atoms with E-state index >= 15 is 0 Å². The van der Waals surface area contributed by atoms with Crippen molar-refractivity contribution in [3.05, 3.63) is 89.3 Å². The molecule has 30 heavy (non-hydrogen) atoms. The number of thioether (sulfide) groups is 1. The maximum Gasteiger partial charge on any atom is 0.360 e. The molecule has 0 unspecified atom stereocenters. The van der Waals surface area contributed by atoms with Gasteiger partial charge in [-0.3, -0.25) is 4.72 Å². The highest BCUT2D eigenvalue weighted by Crippen LogP contribution is 2.42. The van der Waals surface area contributed by atoms with Gasteiger partial charge in [0.15, 0.2) is 0 Å². The zero-order valence-electron chi connectivity index (χ0n) is 15.6. The number of nitrogens with zero attached hydrogens (tertiary/aromatic N) is 1. The van der Waals surface area contributed by atoms with E-state index in [0.717, 1.165) is 10.6 Å². The molecule has 1 aliphatic heterocycles. The second-order valence-electron chi connectivity index (χ2n) is 6.76. The molecule has 1 aliphatic rings. The van der Waals surface area contributed by atoms with Crippen LogP contribution in [0.2, 0.25) is 0 Å². The molecule has 5 rings (SSSR count). The van der Waals surface area contributed by atoms with E-state index in [2.05, 4.69) is 4.72 Å². The third-order valence-electron chi connectivity index (χ3n) is 4.82. The minimum atomic E-state index is -3.73. The second-order valence-corrected chi connectivity index (χ2v) is 9.43. The molecular weight excluding hydrogens is 420 g/mol. The van der Waals surface area contributed by atoms with Crippen molar-refractivity contribution in [1.29, 1.82) is 0 Å². The van der Waals surface area contributed by atoms with E-state index in [4.69, 9.17) is 4.42 Å². The summed E-state index contributed by atoms with van der Waals surface area (Å²) < 4.78 is 33.1. The van der Waals surface area contributed by atoms with Crippen molar-refractivity contribution in [2.45, 2.75) is 9.79 Å². The van der Waals surface area contributed by atoms with E-state index in [1.54, 1.807) is 48.2 Å². The molecule has 2 heterocycles. The monoisotopic (exact) mass is 436 g/mol. The van der Waals surface area contributed by atoms with Crippen molar-refractivity contribution < 1.29 is 12.8 Å². The fraction of sp³-hybridized carbons (Fsp3) is 0.0455. The lowest BCUT2D eigenvalue weighted by Gasteiger charge is -2.17. The molecule has 4 aromatic rings. The van der Waals surface area contributed by atoms with Gasteiger partial charge in [-0.2, -0.15) is 0 Å². The molecule has 150 valence electrons. The van der Waals surface area contributed by atoms with Crippen molar-refractivity contribution in [1.82, 2.24) is 0 Å². The number of nitrogens with one attached hydrogen (secondary N) is 1. The first-order chi connectivity index (χ1) is 14.5. The van der Waals surface area contributed by atoms with Crippen LogP contribution < -0.4 is 15.2 Å². The van der Waals surface area contributed by atoms with Crippen LogP contribution in [0.25, 0.3) is 11.0 Å². The smallest absolute Gasteiger partial charge is 0.360 e. The highest BCUT2D eigenvalue weighted by Gasteiger charge is 2.24. The number of sulfonamides is 1. The Bertz CT molecular complexity index is 1420. The third-order valence-corrected chi connectivity index (χ3v) is 7.26. The van der Waals surface area contributed by atoms with E-state index in [0.29, 0.717) is 28.2 Å². The molecule has 0 atom stereocenters. The Morgan fingerprint density at radius 3 is 2.50 bits per heavy atom. The molecule has 1 aromatic heterocycles. The highest BCUT2D eigenvalue weighted by atomic mass is 32.2. The molecule has 3 aromatic carbocycles. The summed E-state index contributed by atoms with van der Waals surface area (Å²) >= 11 is 1.66.